The first-order chi connectivity index (χ1) is 17.1. The van der Waals surface area contributed by atoms with Gasteiger partial charge in [0.1, 0.15) is 12.6 Å². The van der Waals surface area contributed by atoms with E-state index in [2.05, 4.69) is 5.32 Å². The van der Waals surface area contributed by atoms with Gasteiger partial charge in [-0.2, -0.15) is 0 Å². The first kappa shape index (κ1) is 30.2. The van der Waals surface area contributed by atoms with Crippen LogP contribution in [0.4, 0.5) is 4.79 Å². The fraction of sp³-hybridized carbons (Fsp3) is 0.444. The van der Waals surface area contributed by atoms with E-state index >= 15 is 0 Å². The highest BCUT2D eigenvalue weighted by molar-refractivity contribution is 7.72. The van der Waals surface area contributed by atoms with Gasteiger partial charge in [-0.3, -0.25) is 18.4 Å². The SMILES string of the molecule is COC(=O)[C@H](Cc1ccc(C(=O)P(=O)(OC(C)(C)C)OC(C)(C)C)cc1)NC(=O)OCc1ccccc1. The minimum absolute atomic E-state index is 0.0463. The summed E-state index contributed by atoms with van der Waals surface area (Å²) in [5.41, 5.74) is -0.980. The number of ether oxygens (including phenoxy) is 2. The molecule has 0 heterocycles. The van der Waals surface area contributed by atoms with Crippen molar-refractivity contribution in [1.82, 2.24) is 5.32 Å². The van der Waals surface area contributed by atoms with E-state index in [1.165, 1.54) is 19.2 Å². The number of hydrogen-bond donors (Lipinski definition) is 1. The molecule has 2 aromatic carbocycles. The van der Waals surface area contributed by atoms with Gasteiger partial charge in [0.05, 0.1) is 18.3 Å². The van der Waals surface area contributed by atoms with Gasteiger partial charge in [0.25, 0.3) is 5.52 Å². The highest BCUT2D eigenvalue weighted by Gasteiger charge is 2.43. The molecule has 0 fully saturated rings. The van der Waals surface area contributed by atoms with Crippen LogP contribution >= 0.6 is 7.60 Å². The predicted octanol–water partition coefficient (Wildman–Crippen LogP) is 5.66. The van der Waals surface area contributed by atoms with Crippen LogP contribution in [0.5, 0.6) is 0 Å². The summed E-state index contributed by atoms with van der Waals surface area (Å²) in [6.07, 6.45) is -0.693. The van der Waals surface area contributed by atoms with Gasteiger partial charge in [0, 0.05) is 12.0 Å². The van der Waals surface area contributed by atoms with Crippen LogP contribution in [0.1, 0.15) is 63.0 Å². The van der Waals surface area contributed by atoms with Crippen LogP contribution in [0.2, 0.25) is 0 Å². The second-order valence-electron chi connectivity index (χ2n) is 10.4. The summed E-state index contributed by atoms with van der Waals surface area (Å²) in [6, 6.07) is 14.2. The molecule has 0 bridgehead atoms. The van der Waals surface area contributed by atoms with Gasteiger partial charge in [0.15, 0.2) is 0 Å². The van der Waals surface area contributed by atoms with Crippen molar-refractivity contribution in [3.05, 3.63) is 71.3 Å². The molecule has 0 unspecified atom stereocenters. The van der Waals surface area contributed by atoms with Crippen molar-refractivity contribution < 1.29 is 37.5 Å². The molecule has 202 valence electrons. The normalized spacial score (nSPS) is 12.9. The minimum Gasteiger partial charge on any atom is -0.467 e. The standard InChI is InChI=1S/C27H36NO8P/c1-26(2,3)35-37(32,36-27(4,5)6)24(30)21-15-13-19(14-16-21)17-22(23(29)33-7)28-25(31)34-18-20-11-9-8-10-12-20/h8-16,22H,17-18H2,1-7H3,(H,28,31)/t22-/m0/s1. The number of esters is 1. The van der Waals surface area contributed by atoms with Gasteiger partial charge < -0.3 is 14.8 Å². The van der Waals surface area contributed by atoms with E-state index in [-0.39, 0.29) is 18.6 Å². The fourth-order valence-electron chi connectivity index (χ4n) is 3.24. The molecule has 37 heavy (non-hydrogen) atoms. The molecule has 0 aliphatic carbocycles. The summed E-state index contributed by atoms with van der Waals surface area (Å²) in [7, 11) is -2.96. The minimum atomic E-state index is -4.18. The number of rotatable bonds is 10. The van der Waals surface area contributed by atoms with Crippen molar-refractivity contribution in [2.24, 2.45) is 0 Å². The Bertz CT molecular complexity index is 1100. The maximum atomic E-state index is 13.5. The molecule has 0 saturated carbocycles. The number of amides is 1. The van der Waals surface area contributed by atoms with Crippen LogP contribution in [0.15, 0.2) is 54.6 Å². The molecule has 0 aromatic heterocycles. The van der Waals surface area contributed by atoms with Crippen LogP contribution in [-0.4, -0.2) is 41.9 Å². The van der Waals surface area contributed by atoms with E-state index in [0.717, 1.165) is 5.56 Å². The van der Waals surface area contributed by atoms with Gasteiger partial charge in [0.2, 0.25) is 0 Å². The summed E-state index contributed by atoms with van der Waals surface area (Å²) in [4.78, 5) is 37.7. The van der Waals surface area contributed by atoms with E-state index in [4.69, 9.17) is 18.5 Å². The molecule has 0 saturated heterocycles. The van der Waals surface area contributed by atoms with E-state index in [9.17, 15) is 18.9 Å². The molecule has 0 spiro atoms. The fourth-order valence-corrected chi connectivity index (χ4v) is 5.35. The summed E-state index contributed by atoms with van der Waals surface area (Å²) < 4.78 is 34.8. The van der Waals surface area contributed by atoms with Gasteiger partial charge in [-0.1, -0.05) is 54.6 Å². The molecular formula is C27H36NO8P. The number of nitrogens with one attached hydrogen (secondary N) is 1. The van der Waals surface area contributed by atoms with Crippen LogP contribution in [-0.2, 0) is 40.9 Å². The lowest BCUT2D eigenvalue weighted by Crippen LogP contribution is -2.43. The zero-order chi connectivity index (χ0) is 27.9. The van der Waals surface area contributed by atoms with Crippen LogP contribution in [0, 0.1) is 0 Å². The molecule has 0 radical (unpaired) electrons. The summed E-state index contributed by atoms with van der Waals surface area (Å²) in [6.45, 7) is 10.2. The van der Waals surface area contributed by atoms with E-state index < -0.39 is 42.4 Å². The average Bonchev–Trinajstić information content (AvgIpc) is 2.80. The van der Waals surface area contributed by atoms with Gasteiger partial charge in [-0.05, 0) is 52.7 Å². The van der Waals surface area contributed by atoms with Gasteiger partial charge in [-0.15, -0.1) is 0 Å². The molecular weight excluding hydrogens is 497 g/mol. The number of hydrogen-bond acceptors (Lipinski definition) is 8. The Hall–Kier alpha value is -3.00. The van der Waals surface area contributed by atoms with Crippen molar-refractivity contribution in [2.45, 2.75) is 71.8 Å². The Morgan fingerprint density at radius 1 is 0.838 bits per heavy atom. The van der Waals surface area contributed by atoms with Crippen LogP contribution in [0.3, 0.4) is 0 Å². The Kier molecular flexibility index (Phi) is 10.2. The van der Waals surface area contributed by atoms with Crippen molar-refractivity contribution in [1.29, 1.82) is 0 Å². The highest BCUT2D eigenvalue weighted by Crippen LogP contribution is 2.56. The molecule has 1 N–H and O–H groups in total. The van der Waals surface area contributed by atoms with E-state index in [1.54, 1.807) is 53.7 Å². The first-order valence-corrected chi connectivity index (χ1v) is 13.4. The second-order valence-corrected chi connectivity index (χ2v) is 12.2. The molecule has 1 amide bonds. The zero-order valence-corrected chi connectivity index (χ0v) is 23.3. The van der Waals surface area contributed by atoms with Crippen molar-refractivity contribution in [3.8, 4) is 0 Å². The Balaban J connectivity index is 2.14. The Labute approximate surface area is 218 Å². The summed E-state index contributed by atoms with van der Waals surface area (Å²) in [5, 5.41) is 2.51. The predicted molar refractivity (Wildman–Crippen MR) is 139 cm³/mol. The molecule has 10 heteroatoms. The molecule has 2 aromatic rings. The third-order valence-electron chi connectivity index (χ3n) is 4.67. The van der Waals surface area contributed by atoms with Gasteiger partial charge in [-0.25, -0.2) is 9.59 Å². The maximum absolute atomic E-state index is 13.5. The van der Waals surface area contributed by atoms with E-state index in [0.29, 0.717) is 5.56 Å². The smallest absolute Gasteiger partial charge is 0.408 e. The van der Waals surface area contributed by atoms with Crippen molar-refractivity contribution >= 4 is 25.2 Å². The number of benzene rings is 2. The quantitative estimate of drug-likeness (QED) is 0.307. The molecule has 0 aliphatic rings. The number of methoxy groups -OCH3 is 1. The molecule has 9 nitrogen and oxygen atoms in total. The second kappa shape index (κ2) is 12.5. The number of carbonyl (C=O) groups excluding carboxylic acids is 3. The van der Waals surface area contributed by atoms with Crippen LogP contribution < -0.4 is 5.32 Å². The Morgan fingerprint density at radius 2 is 1.38 bits per heavy atom. The van der Waals surface area contributed by atoms with Gasteiger partial charge >= 0.3 is 19.7 Å². The lowest BCUT2D eigenvalue weighted by molar-refractivity contribution is -0.143. The third kappa shape index (κ3) is 10.1. The maximum Gasteiger partial charge on any atom is 0.408 e. The lowest BCUT2D eigenvalue weighted by atomic mass is 10.0. The largest absolute Gasteiger partial charge is 0.467 e. The summed E-state index contributed by atoms with van der Waals surface area (Å²) in [5.74, 6) is -0.654. The number of alkyl carbamates (subject to hydrolysis) is 1. The van der Waals surface area contributed by atoms with Crippen LogP contribution in [0.25, 0.3) is 0 Å². The highest BCUT2D eigenvalue weighted by atomic mass is 31.2. The summed E-state index contributed by atoms with van der Waals surface area (Å²) >= 11 is 0. The van der Waals surface area contributed by atoms with E-state index in [1.807, 2.05) is 30.3 Å². The molecule has 0 aliphatic heterocycles. The number of carbonyl (C=O) groups is 3. The Morgan fingerprint density at radius 3 is 1.86 bits per heavy atom. The third-order valence-corrected chi connectivity index (χ3v) is 7.00. The topological polar surface area (TPSA) is 117 Å². The van der Waals surface area contributed by atoms with Crippen molar-refractivity contribution in [2.75, 3.05) is 7.11 Å². The first-order valence-electron chi connectivity index (χ1n) is 11.8. The average molecular weight is 534 g/mol. The molecule has 2 rings (SSSR count). The monoisotopic (exact) mass is 533 g/mol. The van der Waals surface area contributed by atoms with Crippen molar-refractivity contribution in [3.63, 3.8) is 0 Å². The lowest BCUT2D eigenvalue weighted by Gasteiger charge is -2.31. The zero-order valence-electron chi connectivity index (χ0n) is 22.4. The molecule has 1 atom stereocenters.